The molecule has 0 radical (unpaired) electrons. The molecule has 140 valence electrons. The third-order valence-corrected chi connectivity index (χ3v) is 5.07. The number of aromatic nitrogens is 4. The highest BCUT2D eigenvalue weighted by atomic mass is 16.2. The van der Waals surface area contributed by atoms with E-state index in [9.17, 15) is 9.59 Å². The Morgan fingerprint density at radius 2 is 2.07 bits per heavy atom. The molecule has 1 aliphatic rings. The van der Waals surface area contributed by atoms with Gasteiger partial charge in [-0.2, -0.15) is 4.98 Å². The van der Waals surface area contributed by atoms with E-state index in [2.05, 4.69) is 37.5 Å². The first-order chi connectivity index (χ1) is 12.9. The molecular weight excluding hydrogens is 342 g/mol. The molecule has 1 aromatic carbocycles. The summed E-state index contributed by atoms with van der Waals surface area (Å²) >= 11 is 0. The Bertz CT molecular complexity index is 1170. The summed E-state index contributed by atoms with van der Waals surface area (Å²) in [5.41, 5.74) is 2.40. The Labute approximate surface area is 156 Å². The summed E-state index contributed by atoms with van der Waals surface area (Å²) in [6.07, 6.45) is 1.56. The molecule has 0 fully saturated rings. The highest BCUT2D eigenvalue weighted by Gasteiger charge is 2.29. The predicted octanol–water partition coefficient (Wildman–Crippen LogP) is 2.18. The van der Waals surface area contributed by atoms with Crippen LogP contribution in [0.5, 0.6) is 0 Å². The Kier molecular flexibility index (Phi) is 4.02. The minimum absolute atomic E-state index is 0.180. The number of rotatable bonds is 3. The number of anilines is 2. The SMILES string of the molecule is C=CCn1c(=O)c2c(nc3n2CC(C)CN3c2cccc(C)c2)n(C)c1=O. The largest absolute Gasteiger partial charge is 0.332 e. The first-order valence-corrected chi connectivity index (χ1v) is 9.07. The van der Waals surface area contributed by atoms with Crippen LogP contribution in [0.3, 0.4) is 0 Å². The van der Waals surface area contributed by atoms with Gasteiger partial charge in [0, 0.05) is 32.4 Å². The number of allylic oxidation sites excluding steroid dienone is 1. The Hall–Kier alpha value is -3.09. The summed E-state index contributed by atoms with van der Waals surface area (Å²) in [6, 6.07) is 8.22. The van der Waals surface area contributed by atoms with Crippen molar-refractivity contribution in [3.8, 4) is 0 Å². The van der Waals surface area contributed by atoms with Gasteiger partial charge in [-0.15, -0.1) is 6.58 Å². The van der Waals surface area contributed by atoms with E-state index in [0.717, 1.165) is 17.8 Å². The molecule has 7 heteroatoms. The van der Waals surface area contributed by atoms with Crippen LogP contribution in [0, 0.1) is 12.8 Å². The van der Waals surface area contributed by atoms with Gasteiger partial charge in [-0.05, 0) is 30.5 Å². The van der Waals surface area contributed by atoms with E-state index < -0.39 is 0 Å². The zero-order valence-corrected chi connectivity index (χ0v) is 15.8. The van der Waals surface area contributed by atoms with Crippen molar-refractivity contribution in [2.24, 2.45) is 13.0 Å². The second-order valence-corrected chi connectivity index (χ2v) is 7.30. The van der Waals surface area contributed by atoms with Crippen molar-refractivity contribution in [3.05, 3.63) is 63.3 Å². The summed E-state index contributed by atoms with van der Waals surface area (Å²) in [5, 5.41) is 0. The summed E-state index contributed by atoms with van der Waals surface area (Å²) in [5.74, 6) is 1.04. The number of imidazole rings is 1. The van der Waals surface area contributed by atoms with Gasteiger partial charge in [-0.1, -0.05) is 25.1 Å². The third-order valence-electron chi connectivity index (χ3n) is 5.07. The number of benzene rings is 1. The fourth-order valence-electron chi connectivity index (χ4n) is 3.81. The maximum Gasteiger partial charge on any atom is 0.332 e. The fourth-order valence-corrected chi connectivity index (χ4v) is 3.81. The minimum Gasteiger partial charge on any atom is -0.312 e. The molecule has 0 saturated carbocycles. The van der Waals surface area contributed by atoms with Crippen molar-refractivity contribution in [3.63, 3.8) is 0 Å². The van der Waals surface area contributed by atoms with E-state index in [4.69, 9.17) is 4.98 Å². The van der Waals surface area contributed by atoms with Crippen LogP contribution < -0.4 is 16.1 Å². The van der Waals surface area contributed by atoms with Crippen LogP contribution in [0.25, 0.3) is 11.2 Å². The Balaban J connectivity index is 2.03. The topological polar surface area (TPSA) is 65.1 Å². The van der Waals surface area contributed by atoms with Crippen molar-refractivity contribution in [1.82, 2.24) is 18.7 Å². The molecular formula is C20H23N5O2. The zero-order valence-electron chi connectivity index (χ0n) is 15.8. The van der Waals surface area contributed by atoms with E-state index in [1.54, 1.807) is 13.1 Å². The zero-order chi connectivity index (χ0) is 19.3. The van der Waals surface area contributed by atoms with Gasteiger partial charge in [-0.3, -0.25) is 13.9 Å². The molecule has 0 aliphatic carbocycles. The van der Waals surface area contributed by atoms with E-state index in [-0.39, 0.29) is 17.8 Å². The third kappa shape index (κ3) is 2.61. The molecule has 4 rings (SSSR count). The number of fused-ring (bicyclic) bond motifs is 3. The molecule has 1 unspecified atom stereocenters. The normalized spacial score (nSPS) is 16.6. The number of aryl methyl sites for hydroxylation is 2. The van der Waals surface area contributed by atoms with Crippen LogP contribution in [0.15, 0.2) is 46.5 Å². The van der Waals surface area contributed by atoms with E-state index in [1.807, 2.05) is 16.7 Å². The lowest BCUT2D eigenvalue weighted by atomic mass is 10.1. The molecule has 3 aromatic rings. The molecule has 0 bridgehead atoms. The Morgan fingerprint density at radius 3 is 2.78 bits per heavy atom. The van der Waals surface area contributed by atoms with E-state index in [0.29, 0.717) is 29.6 Å². The smallest absolute Gasteiger partial charge is 0.312 e. The van der Waals surface area contributed by atoms with Crippen molar-refractivity contribution >= 4 is 22.8 Å². The second kappa shape index (κ2) is 6.26. The van der Waals surface area contributed by atoms with Gasteiger partial charge in [0.25, 0.3) is 5.56 Å². The number of nitrogens with zero attached hydrogens (tertiary/aromatic N) is 5. The molecule has 27 heavy (non-hydrogen) atoms. The summed E-state index contributed by atoms with van der Waals surface area (Å²) in [7, 11) is 1.66. The predicted molar refractivity (Wildman–Crippen MR) is 107 cm³/mol. The van der Waals surface area contributed by atoms with Crippen molar-refractivity contribution in [2.45, 2.75) is 26.9 Å². The van der Waals surface area contributed by atoms with Gasteiger partial charge in [0.15, 0.2) is 11.2 Å². The first-order valence-electron chi connectivity index (χ1n) is 9.07. The van der Waals surface area contributed by atoms with Gasteiger partial charge in [-0.25, -0.2) is 4.79 Å². The van der Waals surface area contributed by atoms with Gasteiger partial charge in [0.2, 0.25) is 5.95 Å². The van der Waals surface area contributed by atoms with Crippen LogP contribution in [0.2, 0.25) is 0 Å². The fraction of sp³-hybridized carbons (Fsp3) is 0.350. The second-order valence-electron chi connectivity index (χ2n) is 7.30. The van der Waals surface area contributed by atoms with Crippen LogP contribution in [0.1, 0.15) is 12.5 Å². The highest BCUT2D eigenvalue weighted by molar-refractivity contribution is 5.77. The quantitative estimate of drug-likeness (QED) is 0.668. The molecule has 1 atom stereocenters. The molecule has 0 spiro atoms. The molecule has 2 aromatic heterocycles. The molecule has 7 nitrogen and oxygen atoms in total. The lowest BCUT2D eigenvalue weighted by molar-refractivity contribution is 0.458. The van der Waals surface area contributed by atoms with Gasteiger partial charge < -0.3 is 9.47 Å². The van der Waals surface area contributed by atoms with Crippen molar-refractivity contribution < 1.29 is 0 Å². The highest BCUT2D eigenvalue weighted by Crippen LogP contribution is 2.33. The van der Waals surface area contributed by atoms with Crippen LogP contribution in [0.4, 0.5) is 11.6 Å². The average Bonchev–Trinajstić information content (AvgIpc) is 3.02. The summed E-state index contributed by atoms with van der Waals surface area (Å²) < 4.78 is 4.61. The summed E-state index contributed by atoms with van der Waals surface area (Å²) in [4.78, 5) is 32.5. The van der Waals surface area contributed by atoms with Crippen LogP contribution in [-0.4, -0.2) is 25.2 Å². The minimum atomic E-state index is -0.377. The number of hydrogen-bond acceptors (Lipinski definition) is 4. The molecule has 0 amide bonds. The van der Waals surface area contributed by atoms with E-state index >= 15 is 0 Å². The molecule has 3 heterocycles. The maximum absolute atomic E-state index is 13.1. The van der Waals surface area contributed by atoms with Gasteiger partial charge in [0.1, 0.15) is 0 Å². The first kappa shape index (κ1) is 17.3. The summed E-state index contributed by atoms with van der Waals surface area (Å²) in [6.45, 7) is 9.54. The maximum atomic E-state index is 13.1. The van der Waals surface area contributed by atoms with E-state index in [1.165, 1.54) is 9.13 Å². The van der Waals surface area contributed by atoms with Crippen molar-refractivity contribution in [2.75, 3.05) is 11.4 Å². The molecule has 1 aliphatic heterocycles. The van der Waals surface area contributed by atoms with Crippen LogP contribution >= 0.6 is 0 Å². The van der Waals surface area contributed by atoms with Gasteiger partial charge >= 0.3 is 5.69 Å². The van der Waals surface area contributed by atoms with Crippen molar-refractivity contribution in [1.29, 1.82) is 0 Å². The van der Waals surface area contributed by atoms with Gasteiger partial charge in [0.05, 0.1) is 0 Å². The monoisotopic (exact) mass is 365 g/mol. The standard InChI is InChI=1S/C20H23N5O2/c1-5-9-23-18(26)16-17(22(4)20(23)27)21-19-24(11-14(3)12-25(16)19)15-8-6-7-13(2)10-15/h5-8,10,14H,1,9,11-12H2,2-4H3. The lowest BCUT2D eigenvalue weighted by Crippen LogP contribution is -2.40. The lowest BCUT2D eigenvalue weighted by Gasteiger charge is -2.33. The molecule has 0 N–H and O–H groups in total. The average molecular weight is 365 g/mol. The molecule has 0 saturated heterocycles. The number of hydrogen-bond donors (Lipinski definition) is 0. The Morgan fingerprint density at radius 1 is 1.30 bits per heavy atom. The van der Waals surface area contributed by atoms with Crippen LogP contribution in [-0.2, 0) is 20.1 Å².